The maximum atomic E-state index is 11.9. The summed E-state index contributed by atoms with van der Waals surface area (Å²) in [4.78, 5) is 18.9. The number of guanidine groups is 1. The van der Waals surface area contributed by atoms with E-state index < -0.39 is 0 Å². The largest absolute Gasteiger partial charge is 0.466 e. The van der Waals surface area contributed by atoms with Crippen molar-refractivity contribution in [2.45, 2.75) is 53.6 Å². The van der Waals surface area contributed by atoms with Crippen molar-refractivity contribution < 1.29 is 14.3 Å². The third kappa shape index (κ3) is 6.30. The van der Waals surface area contributed by atoms with Crippen molar-refractivity contribution in [3.05, 3.63) is 0 Å². The molecule has 1 fully saturated rings. The molecule has 1 aliphatic rings. The standard InChI is InChI=1S/C18H35N3O3/c1-7-19-17(20-13-15(23-6)18(3,4)5)21-11-9-14(10-12-21)16(22)24-8-2/h14-15H,7-13H2,1-6H3,(H,19,20). The summed E-state index contributed by atoms with van der Waals surface area (Å²) in [7, 11) is 1.74. The first-order valence-corrected chi connectivity index (χ1v) is 9.06. The van der Waals surface area contributed by atoms with Crippen molar-refractivity contribution >= 4 is 11.9 Å². The zero-order chi connectivity index (χ0) is 18.2. The monoisotopic (exact) mass is 341 g/mol. The van der Waals surface area contributed by atoms with Gasteiger partial charge < -0.3 is 19.7 Å². The van der Waals surface area contributed by atoms with Crippen molar-refractivity contribution in [2.24, 2.45) is 16.3 Å². The molecule has 1 heterocycles. The van der Waals surface area contributed by atoms with Crippen LogP contribution in [0.4, 0.5) is 0 Å². The molecule has 1 N–H and O–H groups in total. The Hall–Kier alpha value is -1.30. The second-order valence-corrected chi connectivity index (χ2v) is 7.30. The number of piperidine rings is 1. The highest BCUT2D eigenvalue weighted by atomic mass is 16.5. The van der Waals surface area contributed by atoms with Crippen LogP contribution in [0.5, 0.6) is 0 Å². The van der Waals surface area contributed by atoms with E-state index in [9.17, 15) is 4.79 Å². The van der Waals surface area contributed by atoms with Gasteiger partial charge >= 0.3 is 5.97 Å². The van der Waals surface area contributed by atoms with Crippen LogP contribution in [0.15, 0.2) is 4.99 Å². The van der Waals surface area contributed by atoms with E-state index in [1.807, 2.05) is 6.92 Å². The maximum absolute atomic E-state index is 11.9. The number of rotatable bonds is 6. The normalized spacial score (nSPS) is 18.4. The number of carbonyl (C=O) groups is 1. The molecule has 1 aliphatic heterocycles. The molecule has 1 atom stereocenters. The Labute approximate surface area is 147 Å². The fraction of sp³-hybridized carbons (Fsp3) is 0.889. The first-order chi connectivity index (χ1) is 11.3. The second-order valence-electron chi connectivity index (χ2n) is 7.30. The van der Waals surface area contributed by atoms with Gasteiger partial charge in [0.15, 0.2) is 5.96 Å². The fourth-order valence-electron chi connectivity index (χ4n) is 2.88. The van der Waals surface area contributed by atoms with Gasteiger partial charge in [-0.25, -0.2) is 0 Å². The lowest BCUT2D eigenvalue weighted by atomic mass is 9.89. The van der Waals surface area contributed by atoms with E-state index in [1.54, 1.807) is 7.11 Å². The molecule has 0 aromatic carbocycles. The second kappa shape index (κ2) is 9.87. The van der Waals surface area contributed by atoms with Gasteiger partial charge in [-0.2, -0.15) is 0 Å². The van der Waals surface area contributed by atoms with Crippen molar-refractivity contribution in [1.29, 1.82) is 0 Å². The number of nitrogens with zero attached hydrogens (tertiary/aromatic N) is 2. The molecule has 140 valence electrons. The molecule has 0 bridgehead atoms. The molecule has 0 aliphatic carbocycles. The van der Waals surface area contributed by atoms with Gasteiger partial charge in [-0.1, -0.05) is 20.8 Å². The molecule has 0 spiro atoms. The SMILES string of the molecule is CCNC(=NCC(OC)C(C)(C)C)N1CCC(C(=O)OCC)CC1. The third-order valence-electron chi connectivity index (χ3n) is 4.41. The molecular formula is C18H35N3O3. The average Bonchev–Trinajstić information content (AvgIpc) is 2.53. The van der Waals surface area contributed by atoms with Gasteiger partial charge in [0.05, 0.1) is 25.2 Å². The van der Waals surface area contributed by atoms with Gasteiger partial charge in [-0.15, -0.1) is 0 Å². The first-order valence-electron chi connectivity index (χ1n) is 9.06. The van der Waals surface area contributed by atoms with Gasteiger partial charge in [0.1, 0.15) is 0 Å². The summed E-state index contributed by atoms with van der Waals surface area (Å²) >= 11 is 0. The van der Waals surface area contributed by atoms with Crippen LogP contribution in [0.3, 0.4) is 0 Å². The highest BCUT2D eigenvalue weighted by Crippen LogP contribution is 2.22. The van der Waals surface area contributed by atoms with Gasteiger partial charge in [-0.05, 0) is 32.1 Å². The number of nitrogens with one attached hydrogen (secondary N) is 1. The number of aliphatic imine (C=N–C) groups is 1. The van der Waals surface area contributed by atoms with Crippen molar-refractivity contribution in [1.82, 2.24) is 10.2 Å². The molecule has 24 heavy (non-hydrogen) atoms. The highest BCUT2D eigenvalue weighted by Gasteiger charge is 2.28. The number of esters is 1. The predicted octanol–water partition coefficient (Wildman–Crippen LogP) is 2.29. The molecular weight excluding hydrogens is 306 g/mol. The summed E-state index contributed by atoms with van der Waals surface area (Å²) in [6.45, 7) is 13.9. The van der Waals surface area contributed by atoms with E-state index in [4.69, 9.17) is 14.5 Å². The Morgan fingerprint density at radius 3 is 2.38 bits per heavy atom. The lowest BCUT2D eigenvalue weighted by Crippen LogP contribution is -2.47. The maximum Gasteiger partial charge on any atom is 0.309 e. The first kappa shape index (κ1) is 20.7. The van der Waals surface area contributed by atoms with E-state index in [1.165, 1.54) is 0 Å². The third-order valence-corrected chi connectivity index (χ3v) is 4.41. The number of likely N-dealkylation sites (tertiary alicyclic amines) is 1. The molecule has 1 unspecified atom stereocenters. The van der Waals surface area contributed by atoms with E-state index in [0.29, 0.717) is 13.2 Å². The molecule has 6 heteroatoms. The number of ether oxygens (including phenoxy) is 2. The van der Waals surface area contributed by atoms with Crippen molar-refractivity contribution in [3.63, 3.8) is 0 Å². The van der Waals surface area contributed by atoms with Crippen LogP contribution in [0, 0.1) is 11.3 Å². The van der Waals surface area contributed by atoms with E-state index in [-0.39, 0.29) is 23.4 Å². The minimum Gasteiger partial charge on any atom is -0.466 e. The smallest absolute Gasteiger partial charge is 0.309 e. The molecule has 0 aromatic rings. The predicted molar refractivity (Wildman–Crippen MR) is 97.2 cm³/mol. The number of carbonyl (C=O) groups excluding carboxylic acids is 1. The van der Waals surface area contributed by atoms with Crippen molar-refractivity contribution in [3.8, 4) is 0 Å². The van der Waals surface area contributed by atoms with Crippen LogP contribution < -0.4 is 5.32 Å². The van der Waals surface area contributed by atoms with Crippen LogP contribution in [-0.2, 0) is 14.3 Å². The molecule has 1 saturated heterocycles. The lowest BCUT2D eigenvalue weighted by molar-refractivity contribution is -0.149. The Kier molecular flexibility index (Phi) is 8.53. The number of hydrogen-bond acceptors (Lipinski definition) is 4. The topological polar surface area (TPSA) is 63.2 Å². The van der Waals surface area contributed by atoms with Crippen LogP contribution in [0.1, 0.15) is 47.5 Å². The van der Waals surface area contributed by atoms with Crippen LogP contribution >= 0.6 is 0 Å². The molecule has 0 aromatic heterocycles. The van der Waals surface area contributed by atoms with Gasteiger partial charge in [-0.3, -0.25) is 9.79 Å². The minimum absolute atomic E-state index is 0.0189. The molecule has 0 radical (unpaired) electrons. The summed E-state index contributed by atoms with van der Waals surface area (Å²) in [5, 5.41) is 3.36. The fourth-order valence-corrected chi connectivity index (χ4v) is 2.88. The minimum atomic E-state index is -0.0636. The van der Waals surface area contributed by atoms with E-state index in [2.05, 4.69) is 37.9 Å². The summed E-state index contributed by atoms with van der Waals surface area (Å²) in [5.41, 5.74) is 0.0481. The van der Waals surface area contributed by atoms with E-state index >= 15 is 0 Å². The van der Waals surface area contributed by atoms with Gasteiger partial charge in [0.25, 0.3) is 0 Å². The van der Waals surface area contributed by atoms with Gasteiger partial charge in [0, 0.05) is 26.7 Å². The lowest BCUT2D eigenvalue weighted by Gasteiger charge is -2.34. The molecule has 6 nitrogen and oxygen atoms in total. The Morgan fingerprint density at radius 2 is 1.92 bits per heavy atom. The van der Waals surface area contributed by atoms with Crippen LogP contribution in [0.2, 0.25) is 0 Å². The average molecular weight is 341 g/mol. The number of methoxy groups -OCH3 is 1. The summed E-state index contributed by atoms with van der Waals surface area (Å²) in [5.74, 6) is 0.864. The zero-order valence-corrected chi connectivity index (χ0v) is 16.2. The molecule has 1 rings (SSSR count). The summed E-state index contributed by atoms with van der Waals surface area (Å²) in [6.07, 6.45) is 1.70. The Morgan fingerprint density at radius 1 is 1.29 bits per heavy atom. The van der Waals surface area contributed by atoms with Crippen LogP contribution in [-0.4, -0.2) is 62.8 Å². The summed E-state index contributed by atoms with van der Waals surface area (Å²) < 4.78 is 10.7. The Balaban J connectivity index is 2.66. The summed E-state index contributed by atoms with van der Waals surface area (Å²) in [6, 6.07) is 0. The molecule has 0 amide bonds. The van der Waals surface area contributed by atoms with E-state index in [0.717, 1.165) is 38.4 Å². The highest BCUT2D eigenvalue weighted by molar-refractivity contribution is 5.80. The number of hydrogen-bond donors (Lipinski definition) is 1. The zero-order valence-electron chi connectivity index (χ0n) is 16.2. The van der Waals surface area contributed by atoms with Gasteiger partial charge in [0.2, 0.25) is 0 Å². The Bertz CT molecular complexity index is 410. The van der Waals surface area contributed by atoms with Crippen LogP contribution in [0.25, 0.3) is 0 Å². The molecule has 0 saturated carbocycles. The van der Waals surface area contributed by atoms with Crippen molar-refractivity contribution in [2.75, 3.05) is 39.9 Å². The quantitative estimate of drug-likeness (QED) is 0.456.